The van der Waals surface area contributed by atoms with E-state index in [1.54, 1.807) is 0 Å². The smallest absolute Gasteiger partial charge is 0.223 e. The highest BCUT2D eigenvalue weighted by Crippen LogP contribution is 2.27. The lowest BCUT2D eigenvalue weighted by Gasteiger charge is -2.31. The highest BCUT2D eigenvalue weighted by atomic mass is 35.5. The lowest BCUT2D eigenvalue weighted by molar-refractivity contribution is -0.125. The molecule has 2 heterocycles. The summed E-state index contributed by atoms with van der Waals surface area (Å²) in [6.07, 6.45) is 7.47. The van der Waals surface area contributed by atoms with E-state index in [9.17, 15) is 4.79 Å². The molecule has 1 aliphatic carbocycles. The van der Waals surface area contributed by atoms with Crippen molar-refractivity contribution in [3.8, 4) is 0 Å². The van der Waals surface area contributed by atoms with Crippen LogP contribution in [0.3, 0.4) is 0 Å². The maximum Gasteiger partial charge on any atom is 0.223 e. The van der Waals surface area contributed by atoms with Gasteiger partial charge in [0.1, 0.15) is 5.82 Å². The van der Waals surface area contributed by atoms with Crippen molar-refractivity contribution >= 4 is 34.2 Å². The molecule has 1 aromatic heterocycles. The predicted molar refractivity (Wildman–Crippen MR) is 114 cm³/mol. The minimum atomic E-state index is 0.264. The first-order chi connectivity index (χ1) is 13.7. The standard InChI is InChI=1S/C21H27ClN4OS/c22-18-7-5-15(6-8-18)13-19-24-21(28-25-19)26-11-9-16(10-12-26)14-23-20(27)17-3-1-2-4-17/h5-8,16-17H,1-4,9-14H2,(H,23,27). The van der Waals surface area contributed by atoms with Gasteiger partial charge >= 0.3 is 0 Å². The van der Waals surface area contributed by atoms with E-state index in [0.29, 0.717) is 5.92 Å². The molecule has 1 aliphatic heterocycles. The van der Waals surface area contributed by atoms with Crippen molar-refractivity contribution in [2.75, 3.05) is 24.5 Å². The van der Waals surface area contributed by atoms with E-state index >= 15 is 0 Å². The molecule has 2 fully saturated rings. The van der Waals surface area contributed by atoms with Crippen LogP contribution in [0, 0.1) is 11.8 Å². The largest absolute Gasteiger partial charge is 0.356 e. The van der Waals surface area contributed by atoms with E-state index in [4.69, 9.17) is 16.6 Å². The van der Waals surface area contributed by atoms with Crippen LogP contribution in [0.25, 0.3) is 0 Å². The molecule has 1 saturated carbocycles. The van der Waals surface area contributed by atoms with E-state index in [0.717, 1.165) is 67.7 Å². The molecule has 0 unspecified atom stereocenters. The maximum absolute atomic E-state index is 12.2. The summed E-state index contributed by atoms with van der Waals surface area (Å²) in [7, 11) is 0. The van der Waals surface area contributed by atoms with Gasteiger partial charge < -0.3 is 10.2 Å². The molecule has 0 atom stereocenters. The molecule has 1 N–H and O–H groups in total. The van der Waals surface area contributed by atoms with Crippen LogP contribution in [-0.2, 0) is 11.2 Å². The molecule has 1 aromatic carbocycles. The van der Waals surface area contributed by atoms with Gasteiger partial charge in [0, 0.05) is 48.5 Å². The second kappa shape index (κ2) is 9.23. The van der Waals surface area contributed by atoms with Gasteiger partial charge in [0.25, 0.3) is 0 Å². The van der Waals surface area contributed by atoms with Gasteiger partial charge in [-0.15, -0.1) is 0 Å². The molecule has 5 nitrogen and oxygen atoms in total. The van der Waals surface area contributed by atoms with Gasteiger partial charge in [-0.05, 0) is 49.3 Å². The van der Waals surface area contributed by atoms with E-state index < -0.39 is 0 Å². The van der Waals surface area contributed by atoms with Gasteiger partial charge in [0.05, 0.1) is 0 Å². The first-order valence-corrected chi connectivity index (χ1v) is 11.4. The number of hydrogen-bond donors (Lipinski definition) is 1. The highest BCUT2D eigenvalue weighted by molar-refractivity contribution is 7.09. The molecule has 4 rings (SSSR count). The number of nitrogens with zero attached hydrogens (tertiary/aromatic N) is 3. The monoisotopic (exact) mass is 418 g/mol. The fraction of sp³-hybridized carbons (Fsp3) is 0.571. The molecule has 0 radical (unpaired) electrons. The molecular formula is C21H27ClN4OS. The predicted octanol–water partition coefficient (Wildman–Crippen LogP) is 4.31. The van der Waals surface area contributed by atoms with E-state index in [1.165, 1.54) is 29.9 Å². The fourth-order valence-electron chi connectivity index (χ4n) is 4.14. The minimum Gasteiger partial charge on any atom is -0.356 e. The van der Waals surface area contributed by atoms with Crippen LogP contribution in [0.2, 0.25) is 5.02 Å². The summed E-state index contributed by atoms with van der Waals surface area (Å²) in [5, 5.41) is 4.95. The molecule has 2 aromatic rings. The fourth-order valence-corrected chi connectivity index (χ4v) is 5.00. The average molecular weight is 419 g/mol. The third-order valence-electron chi connectivity index (χ3n) is 5.91. The third kappa shape index (κ3) is 5.03. The lowest BCUT2D eigenvalue weighted by atomic mass is 9.96. The van der Waals surface area contributed by atoms with E-state index in [2.05, 4.69) is 14.6 Å². The number of halogens is 1. The number of piperidine rings is 1. The van der Waals surface area contributed by atoms with Crippen LogP contribution in [0.4, 0.5) is 5.13 Å². The van der Waals surface area contributed by atoms with E-state index in [1.807, 2.05) is 24.3 Å². The van der Waals surface area contributed by atoms with Crippen LogP contribution in [0.1, 0.15) is 49.9 Å². The Labute approximate surface area is 175 Å². The first-order valence-electron chi connectivity index (χ1n) is 10.3. The molecule has 2 aliphatic rings. The Bertz CT molecular complexity index is 780. The Morgan fingerprint density at radius 3 is 2.57 bits per heavy atom. The zero-order valence-corrected chi connectivity index (χ0v) is 17.6. The summed E-state index contributed by atoms with van der Waals surface area (Å²) in [6.45, 7) is 2.79. The van der Waals surface area contributed by atoms with Crippen molar-refractivity contribution in [1.29, 1.82) is 0 Å². The summed E-state index contributed by atoms with van der Waals surface area (Å²) in [6, 6.07) is 7.85. The quantitative estimate of drug-likeness (QED) is 0.759. The SMILES string of the molecule is O=C(NCC1CCN(c2nc(Cc3ccc(Cl)cc3)ns2)CC1)C1CCCC1. The molecular weight excluding hydrogens is 392 g/mol. The summed E-state index contributed by atoms with van der Waals surface area (Å²) >= 11 is 7.43. The summed E-state index contributed by atoms with van der Waals surface area (Å²) in [5.41, 5.74) is 1.17. The zero-order chi connectivity index (χ0) is 19.3. The minimum absolute atomic E-state index is 0.264. The van der Waals surface area contributed by atoms with Crippen LogP contribution >= 0.6 is 23.1 Å². The molecule has 1 saturated heterocycles. The Kier molecular flexibility index (Phi) is 6.47. The number of hydrogen-bond acceptors (Lipinski definition) is 5. The zero-order valence-electron chi connectivity index (χ0n) is 16.1. The molecule has 150 valence electrons. The number of rotatable bonds is 6. The van der Waals surface area contributed by atoms with Gasteiger partial charge in [-0.2, -0.15) is 4.37 Å². The van der Waals surface area contributed by atoms with Crippen LogP contribution in [-0.4, -0.2) is 34.9 Å². The third-order valence-corrected chi connectivity index (χ3v) is 6.98. The number of benzene rings is 1. The van der Waals surface area contributed by atoms with Gasteiger partial charge in [0.2, 0.25) is 11.0 Å². The van der Waals surface area contributed by atoms with Gasteiger partial charge in [0.15, 0.2) is 0 Å². The topological polar surface area (TPSA) is 58.1 Å². The molecule has 28 heavy (non-hydrogen) atoms. The number of anilines is 1. The number of aromatic nitrogens is 2. The average Bonchev–Trinajstić information content (AvgIpc) is 3.41. The van der Waals surface area contributed by atoms with E-state index in [-0.39, 0.29) is 11.8 Å². The Balaban J connectivity index is 1.23. The first kappa shape index (κ1) is 19.6. The van der Waals surface area contributed by atoms with Crippen LogP contribution < -0.4 is 10.2 Å². The van der Waals surface area contributed by atoms with Crippen LogP contribution in [0.15, 0.2) is 24.3 Å². The normalized spacial score (nSPS) is 18.5. The van der Waals surface area contributed by atoms with Gasteiger partial charge in [-0.3, -0.25) is 4.79 Å². The number of carbonyl (C=O) groups excluding carboxylic acids is 1. The van der Waals surface area contributed by atoms with Gasteiger partial charge in [-0.1, -0.05) is 36.6 Å². The van der Waals surface area contributed by atoms with Crippen molar-refractivity contribution in [3.05, 3.63) is 40.7 Å². The van der Waals surface area contributed by atoms with Crippen LogP contribution in [0.5, 0.6) is 0 Å². The maximum atomic E-state index is 12.2. The summed E-state index contributed by atoms with van der Waals surface area (Å²) < 4.78 is 4.53. The van der Waals surface area contributed by atoms with Crippen molar-refractivity contribution < 1.29 is 4.79 Å². The molecule has 7 heteroatoms. The summed E-state index contributed by atoms with van der Waals surface area (Å²) in [4.78, 5) is 19.3. The van der Waals surface area contributed by atoms with Crippen molar-refractivity contribution in [3.63, 3.8) is 0 Å². The molecule has 1 amide bonds. The van der Waals surface area contributed by atoms with Gasteiger partial charge in [-0.25, -0.2) is 4.98 Å². The molecule has 0 bridgehead atoms. The molecule has 0 spiro atoms. The second-order valence-corrected chi connectivity index (χ2v) is 9.12. The number of nitrogens with one attached hydrogen (secondary N) is 1. The second-order valence-electron chi connectivity index (χ2n) is 7.95. The van der Waals surface area contributed by atoms with Crippen molar-refractivity contribution in [2.45, 2.75) is 44.9 Å². The Hall–Kier alpha value is -1.66. The summed E-state index contributed by atoms with van der Waals surface area (Å²) in [5.74, 6) is 1.98. The Morgan fingerprint density at radius 2 is 1.86 bits per heavy atom. The lowest BCUT2D eigenvalue weighted by Crippen LogP contribution is -2.40. The number of carbonyl (C=O) groups is 1. The number of amides is 1. The van der Waals surface area contributed by atoms with Crippen molar-refractivity contribution in [2.24, 2.45) is 11.8 Å². The highest BCUT2D eigenvalue weighted by Gasteiger charge is 2.25. The van der Waals surface area contributed by atoms with Crippen molar-refractivity contribution in [1.82, 2.24) is 14.7 Å². The Morgan fingerprint density at radius 1 is 1.14 bits per heavy atom.